The number of carbonyl (C=O) groups excluding carboxylic acids is 1. The summed E-state index contributed by atoms with van der Waals surface area (Å²) in [5.41, 5.74) is -2.34. The van der Waals surface area contributed by atoms with Gasteiger partial charge in [-0.15, -0.1) is 0 Å². The zero-order valence-corrected chi connectivity index (χ0v) is 16.9. The number of amides is 1. The number of alkyl halides is 6. The molecule has 0 aliphatic rings. The molecule has 2 heterocycles. The average molecular weight is 481 g/mol. The topological polar surface area (TPSA) is 81.8 Å². The molecule has 1 N–H and O–H groups in total. The summed E-state index contributed by atoms with van der Waals surface area (Å²) in [6.07, 6.45) is -6.94. The Kier molecular flexibility index (Phi) is 5.63. The quantitative estimate of drug-likeness (QED) is 0.442. The van der Waals surface area contributed by atoms with Crippen molar-refractivity contribution in [3.8, 4) is 5.69 Å². The minimum absolute atomic E-state index is 0.0104. The number of aromatic nitrogens is 4. The van der Waals surface area contributed by atoms with Crippen molar-refractivity contribution in [2.45, 2.75) is 18.9 Å². The van der Waals surface area contributed by atoms with Crippen molar-refractivity contribution in [2.75, 3.05) is 5.32 Å². The summed E-state index contributed by atoms with van der Waals surface area (Å²) in [5.74, 6) is -0.701. The first kappa shape index (κ1) is 23.0. The van der Waals surface area contributed by atoms with Crippen LogP contribution in [0.4, 0.5) is 32.0 Å². The van der Waals surface area contributed by atoms with E-state index in [0.717, 1.165) is 58.2 Å². The van der Waals surface area contributed by atoms with Crippen LogP contribution in [-0.4, -0.2) is 25.2 Å². The van der Waals surface area contributed by atoms with Gasteiger partial charge in [-0.3, -0.25) is 14.2 Å². The molecule has 0 unspecified atom stereocenters. The summed E-state index contributed by atoms with van der Waals surface area (Å²) in [6.45, 7) is -0.502. The molecule has 0 radical (unpaired) electrons. The Bertz CT molecular complexity index is 1420. The van der Waals surface area contributed by atoms with Gasteiger partial charge in [0, 0.05) is 5.69 Å². The van der Waals surface area contributed by atoms with Gasteiger partial charge in [0.2, 0.25) is 5.91 Å². The van der Waals surface area contributed by atoms with Crippen LogP contribution in [0.2, 0.25) is 0 Å². The number of halogens is 6. The van der Waals surface area contributed by atoms with Crippen LogP contribution in [0.1, 0.15) is 11.1 Å². The smallest absolute Gasteiger partial charge is 0.325 e. The fraction of sp³-hybridized carbons (Fsp3) is 0.143. The van der Waals surface area contributed by atoms with Gasteiger partial charge in [-0.25, -0.2) is 9.67 Å². The highest BCUT2D eigenvalue weighted by Gasteiger charge is 2.31. The molecule has 1 amide bonds. The highest BCUT2D eigenvalue weighted by atomic mass is 19.4. The first-order chi connectivity index (χ1) is 15.9. The third kappa shape index (κ3) is 4.63. The van der Waals surface area contributed by atoms with Gasteiger partial charge in [0.05, 0.1) is 23.0 Å². The van der Waals surface area contributed by atoms with Crippen LogP contribution in [0.5, 0.6) is 0 Å². The van der Waals surface area contributed by atoms with E-state index < -0.39 is 41.5 Å². The lowest BCUT2D eigenvalue weighted by Gasteiger charge is -2.10. The molecule has 0 aliphatic heterocycles. The van der Waals surface area contributed by atoms with Crippen LogP contribution < -0.4 is 10.9 Å². The van der Waals surface area contributed by atoms with E-state index in [1.54, 1.807) is 0 Å². The second-order valence-corrected chi connectivity index (χ2v) is 7.14. The van der Waals surface area contributed by atoms with Gasteiger partial charge >= 0.3 is 12.4 Å². The molecule has 13 heteroatoms. The zero-order valence-electron chi connectivity index (χ0n) is 16.9. The third-order valence-electron chi connectivity index (χ3n) is 4.78. The number of anilines is 1. The summed E-state index contributed by atoms with van der Waals surface area (Å²) < 4.78 is 78.9. The summed E-state index contributed by atoms with van der Waals surface area (Å²) >= 11 is 0. The summed E-state index contributed by atoms with van der Waals surface area (Å²) in [7, 11) is 0. The van der Waals surface area contributed by atoms with Crippen molar-refractivity contribution in [1.82, 2.24) is 19.3 Å². The molecular weight excluding hydrogens is 468 g/mol. The Morgan fingerprint density at radius 1 is 0.941 bits per heavy atom. The van der Waals surface area contributed by atoms with Crippen LogP contribution in [0.3, 0.4) is 0 Å². The van der Waals surface area contributed by atoms with Crippen molar-refractivity contribution in [3.63, 3.8) is 0 Å². The van der Waals surface area contributed by atoms with Gasteiger partial charge in [-0.05, 0) is 42.5 Å². The van der Waals surface area contributed by atoms with E-state index in [1.807, 2.05) is 0 Å². The van der Waals surface area contributed by atoms with E-state index in [2.05, 4.69) is 15.4 Å². The fourth-order valence-corrected chi connectivity index (χ4v) is 3.16. The first-order valence-corrected chi connectivity index (χ1v) is 9.51. The number of hydrogen-bond acceptors (Lipinski definition) is 4. The number of benzene rings is 2. The monoisotopic (exact) mass is 481 g/mol. The van der Waals surface area contributed by atoms with E-state index in [0.29, 0.717) is 0 Å². The predicted molar refractivity (Wildman–Crippen MR) is 108 cm³/mol. The molecule has 2 aromatic carbocycles. The Morgan fingerprint density at radius 3 is 2.26 bits per heavy atom. The maximum Gasteiger partial charge on any atom is 0.416 e. The maximum atomic E-state index is 13.0. The molecule has 0 saturated heterocycles. The summed E-state index contributed by atoms with van der Waals surface area (Å²) in [6, 6.07) is 8.07. The minimum Gasteiger partial charge on any atom is -0.325 e. The molecule has 0 aliphatic carbocycles. The molecule has 34 heavy (non-hydrogen) atoms. The number of nitrogens with one attached hydrogen (secondary N) is 1. The standard InChI is InChI=1S/C21H13F6N5O2/c22-20(23,24)12-4-6-14(7-5-12)30-17(33)10-31-11-28-18-16(19(31)34)9-29-32(18)15-3-1-2-13(8-15)21(25,26)27/h1-9,11H,10H2,(H,30,33). The van der Waals surface area contributed by atoms with Gasteiger partial charge < -0.3 is 5.32 Å². The minimum atomic E-state index is -4.57. The molecule has 4 rings (SSSR count). The van der Waals surface area contributed by atoms with Gasteiger partial charge in [0.25, 0.3) is 5.56 Å². The van der Waals surface area contributed by atoms with Gasteiger partial charge in [-0.2, -0.15) is 31.4 Å². The fourth-order valence-electron chi connectivity index (χ4n) is 3.16. The number of hydrogen-bond donors (Lipinski definition) is 1. The van der Waals surface area contributed by atoms with Crippen LogP contribution in [0.25, 0.3) is 16.7 Å². The largest absolute Gasteiger partial charge is 0.416 e. The Balaban J connectivity index is 1.56. The Morgan fingerprint density at radius 2 is 1.62 bits per heavy atom. The van der Waals surface area contributed by atoms with E-state index >= 15 is 0 Å². The van der Waals surface area contributed by atoms with Gasteiger partial charge in [0.1, 0.15) is 18.3 Å². The summed E-state index contributed by atoms with van der Waals surface area (Å²) in [4.78, 5) is 29.0. The second kappa shape index (κ2) is 8.32. The Hall–Kier alpha value is -4.16. The molecule has 176 valence electrons. The maximum absolute atomic E-state index is 13.0. The number of rotatable bonds is 4. The molecule has 2 aromatic heterocycles. The van der Waals surface area contributed by atoms with E-state index in [9.17, 15) is 35.9 Å². The highest BCUT2D eigenvalue weighted by Crippen LogP contribution is 2.31. The predicted octanol–water partition coefficient (Wildman–Crippen LogP) is 4.26. The molecule has 4 aromatic rings. The van der Waals surface area contributed by atoms with Crippen LogP contribution in [0, 0.1) is 0 Å². The molecule has 0 saturated carbocycles. The van der Waals surface area contributed by atoms with E-state index in [4.69, 9.17) is 0 Å². The van der Waals surface area contributed by atoms with Crippen LogP contribution >= 0.6 is 0 Å². The van der Waals surface area contributed by atoms with Crippen molar-refractivity contribution in [2.24, 2.45) is 0 Å². The van der Waals surface area contributed by atoms with Crippen molar-refractivity contribution in [1.29, 1.82) is 0 Å². The van der Waals surface area contributed by atoms with Gasteiger partial charge in [-0.1, -0.05) is 6.07 Å². The molecule has 7 nitrogen and oxygen atoms in total. The zero-order chi connectivity index (χ0) is 24.7. The van der Waals surface area contributed by atoms with Crippen molar-refractivity contribution >= 4 is 22.6 Å². The SMILES string of the molecule is O=C(Cn1cnc2c(cnn2-c2cccc(C(F)(F)F)c2)c1=O)Nc1ccc(C(F)(F)F)cc1. The van der Waals surface area contributed by atoms with Gasteiger partial charge in [0.15, 0.2) is 5.65 Å². The normalized spacial score (nSPS) is 12.2. The summed E-state index contributed by atoms with van der Waals surface area (Å²) in [5, 5.41) is 6.28. The van der Waals surface area contributed by atoms with Crippen molar-refractivity contribution in [3.05, 3.63) is 82.5 Å². The lowest BCUT2D eigenvalue weighted by Crippen LogP contribution is -2.27. The lowest BCUT2D eigenvalue weighted by molar-refractivity contribution is -0.138. The van der Waals surface area contributed by atoms with E-state index in [1.165, 1.54) is 12.1 Å². The lowest BCUT2D eigenvalue weighted by atomic mass is 10.2. The first-order valence-electron chi connectivity index (χ1n) is 9.51. The number of fused-ring (bicyclic) bond motifs is 1. The molecule has 0 fully saturated rings. The third-order valence-corrected chi connectivity index (χ3v) is 4.78. The molecular formula is C21H13F6N5O2. The number of carbonyl (C=O) groups is 1. The average Bonchev–Trinajstić information content (AvgIpc) is 3.20. The number of nitrogens with zero attached hydrogens (tertiary/aromatic N) is 4. The molecule has 0 bridgehead atoms. The second-order valence-electron chi connectivity index (χ2n) is 7.14. The van der Waals surface area contributed by atoms with Crippen LogP contribution in [-0.2, 0) is 23.7 Å². The van der Waals surface area contributed by atoms with Crippen molar-refractivity contribution < 1.29 is 31.1 Å². The molecule has 0 atom stereocenters. The van der Waals surface area contributed by atoms with E-state index in [-0.39, 0.29) is 22.4 Å². The molecule has 0 spiro atoms. The Labute approximate surface area is 186 Å². The van der Waals surface area contributed by atoms with Crippen LogP contribution in [0.15, 0.2) is 65.8 Å². The highest BCUT2D eigenvalue weighted by molar-refractivity contribution is 5.90.